The van der Waals surface area contributed by atoms with E-state index in [0.717, 1.165) is 19.4 Å². The molecule has 0 saturated carbocycles. The van der Waals surface area contributed by atoms with Crippen LogP contribution in [0.25, 0.3) is 21.7 Å². The fourth-order valence-electron chi connectivity index (χ4n) is 4.13. The molecule has 118 valence electrons. The van der Waals surface area contributed by atoms with Crippen molar-refractivity contribution in [2.75, 3.05) is 6.54 Å². The highest BCUT2D eigenvalue weighted by molar-refractivity contribution is 5.86. The summed E-state index contributed by atoms with van der Waals surface area (Å²) in [5.41, 5.74) is 5.54. The molecule has 3 aromatic carbocycles. The Morgan fingerprint density at radius 2 is 1.62 bits per heavy atom. The summed E-state index contributed by atoms with van der Waals surface area (Å²) in [4.78, 5) is 3.67. The van der Waals surface area contributed by atoms with E-state index < -0.39 is 0 Å². The minimum Gasteiger partial charge on any atom is -0.357 e. The standard InChI is InChI=1S/C22H20N2/c1-2-9-17-15(6-1)7-5-8-16(17)14-21-22-19(12-13-23-21)18-10-3-4-11-20(18)24-22/h1-11,21,23-24H,12-14H2. The summed E-state index contributed by atoms with van der Waals surface area (Å²) < 4.78 is 0. The summed E-state index contributed by atoms with van der Waals surface area (Å²) in [6.07, 6.45) is 2.12. The summed E-state index contributed by atoms with van der Waals surface area (Å²) >= 11 is 0. The second kappa shape index (κ2) is 5.50. The van der Waals surface area contributed by atoms with E-state index in [-0.39, 0.29) is 0 Å². The minimum absolute atomic E-state index is 0.354. The molecule has 2 heterocycles. The lowest BCUT2D eigenvalue weighted by Crippen LogP contribution is -2.31. The molecule has 1 unspecified atom stereocenters. The van der Waals surface area contributed by atoms with Crippen molar-refractivity contribution in [3.63, 3.8) is 0 Å². The van der Waals surface area contributed by atoms with Crippen molar-refractivity contribution in [1.29, 1.82) is 0 Å². The minimum atomic E-state index is 0.354. The van der Waals surface area contributed by atoms with Gasteiger partial charge in [0, 0.05) is 16.6 Å². The van der Waals surface area contributed by atoms with Crippen LogP contribution in [0, 0.1) is 0 Å². The van der Waals surface area contributed by atoms with Crippen LogP contribution in [0.3, 0.4) is 0 Å². The largest absolute Gasteiger partial charge is 0.357 e. The van der Waals surface area contributed by atoms with Gasteiger partial charge >= 0.3 is 0 Å². The normalized spacial score (nSPS) is 17.2. The zero-order chi connectivity index (χ0) is 15.9. The Morgan fingerprint density at radius 3 is 2.58 bits per heavy atom. The molecule has 0 spiro atoms. The molecule has 5 rings (SSSR count). The van der Waals surface area contributed by atoms with Crippen LogP contribution in [0.15, 0.2) is 66.7 Å². The van der Waals surface area contributed by atoms with Crippen molar-refractivity contribution < 1.29 is 0 Å². The molecule has 0 bridgehead atoms. The summed E-state index contributed by atoms with van der Waals surface area (Å²) in [6, 6.07) is 24.3. The molecule has 2 N–H and O–H groups in total. The van der Waals surface area contributed by atoms with Crippen LogP contribution in [0.4, 0.5) is 0 Å². The fourth-order valence-corrected chi connectivity index (χ4v) is 4.13. The van der Waals surface area contributed by atoms with Gasteiger partial charge in [-0.25, -0.2) is 0 Å². The Balaban J connectivity index is 1.59. The predicted molar refractivity (Wildman–Crippen MR) is 100 cm³/mol. The van der Waals surface area contributed by atoms with E-state index in [2.05, 4.69) is 77.0 Å². The SMILES string of the molecule is c1ccc2c(CC3NCCc4c3[nH]c3ccccc43)cccc2c1. The van der Waals surface area contributed by atoms with Gasteiger partial charge in [0.15, 0.2) is 0 Å². The second-order valence-corrected chi connectivity index (χ2v) is 6.66. The Bertz CT molecular complexity index is 1020. The Labute approximate surface area is 141 Å². The van der Waals surface area contributed by atoms with E-state index in [4.69, 9.17) is 0 Å². The quantitative estimate of drug-likeness (QED) is 0.549. The van der Waals surface area contributed by atoms with Gasteiger partial charge in [0.1, 0.15) is 0 Å². The van der Waals surface area contributed by atoms with Gasteiger partial charge in [0.2, 0.25) is 0 Å². The first-order valence-corrected chi connectivity index (χ1v) is 8.69. The third kappa shape index (κ3) is 2.15. The second-order valence-electron chi connectivity index (χ2n) is 6.66. The lowest BCUT2D eigenvalue weighted by atomic mass is 9.92. The van der Waals surface area contributed by atoms with Crippen LogP contribution in [-0.4, -0.2) is 11.5 Å². The number of nitrogens with one attached hydrogen (secondary N) is 2. The molecular weight excluding hydrogens is 292 g/mol. The Morgan fingerprint density at radius 1 is 0.833 bits per heavy atom. The van der Waals surface area contributed by atoms with Crippen molar-refractivity contribution in [3.05, 3.63) is 83.6 Å². The first kappa shape index (κ1) is 13.8. The fraction of sp³-hybridized carbons (Fsp3) is 0.182. The van der Waals surface area contributed by atoms with Crippen LogP contribution in [0.2, 0.25) is 0 Å². The maximum absolute atomic E-state index is 3.72. The number of H-pyrrole nitrogens is 1. The lowest BCUT2D eigenvalue weighted by Gasteiger charge is -2.25. The van der Waals surface area contributed by atoms with Crippen molar-refractivity contribution >= 4 is 21.7 Å². The first-order valence-electron chi connectivity index (χ1n) is 8.69. The molecule has 4 aromatic rings. The lowest BCUT2D eigenvalue weighted by molar-refractivity contribution is 0.496. The van der Waals surface area contributed by atoms with Crippen molar-refractivity contribution in [2.45, 2.75) is 18.9 Å². The molecule has 0 saturated heterocycles. The Hall–Kier alpha value is -2.58. The average Bonchev–Trinajstić information content (AvgIpc) is 3.02. The van der Waals surface area contributed by atoms with Gasteiger partial charge in [0.05, 0.1) is 6.04 Å². The summed E-state index contributed by atoms with van der Waals surface area (Å²) in [7, 11) is 0. The number of aromatic amines is 1. The van der Waals surface area contributed by atoms with E-state index in [1.165, 1.54) is 38.5 Å². The van der Waals surface area contributed by atoms with Crippen LogP contribution >= 0.6 is 0 Å². The van der Waals surface area contributed by atoms with Crippen LogP contribution in [-0.2, 0) is 12.8 Å². The van der Waals surface area contributed by atoms with E-state index in [9.17, 15) is 0 Å². The maximum Gasteiger partial charge on any atom is 0.0517 e. The summed E-state index contributed by atoms with van der Waals surface area (Å²) in [5.74, 6) is 0. The van der Waals surface area contributed by atoms with Gasteiger partial charge < -0.3 is 10.3 Å². The molecule has 2 nitrogen and oxygen atoms in total. The van der Waals surface area contributed by atoms with Crippen LogP contribution in [0.1, 0.15) is 22.9 Å². The number of aromatic nitrogens is 1. The Kier molecular flexibility index (Phi) is 3.17. The molecule has 1 aliphatic heterocycles. The van der Waals surface area contributed by atoms with Gasteiger partial charge in [0.25, 0.3) is 0 Å². The van der Waals surface area contributed by atoms with Crippen molar-refractivity contribution in [3.8, 4) is 0 Å². The van der Waals surface area contributed by atoms with Gasteiger partial charge in [-0.05, 0) is 47.4 Å². The van der Waals surface area contributed by atoms with E-state index in [0.29, 0.717) is 6.04 Å². The number of fused-ring (bicyclic) bond motifs is 4. The smallest absolute Gasteiger partial charge is 0.0517 e. The van der Waals surface area contributed by atoms with E-state index >= 15 is 0 Å². The topological polar surface area (TPSA) is 27.8 Å². The molecule has 24 heavy (non-hydrogen) atoms. The highest BCUT2D eigenvalue weighted by atomic mass is 15.0. The third-order valence-electron chi connectivity index (χ3n) is 5.26. The number of rotatable bonds is 2. The first-order chi connectivity index (χ1) is 11.9. The van der Waals surface area contributed by atoms with Gasteiger partial charge in [-0.15, -0.1) is 0 Å². The molecular formula is C22H20N2. The number of hydrogen-bond acceptors (Lipinski definition) is 1. The monoisotopic (exact) mass is 312 g/mol. The molecule has 0 fully saturated rings. The van der Waals surface area contributed by atoms with E-state index in [1.807, 2.05) is 0 Å². The molecule has 1 aliphatic rings. The third-order valence-corrected chi connectivity index (χ3v) is 5.26. The molecule has 0 aliphatic carbocycles. The van der Waals surface area contributed by atoms with Gasteiger partial charge in [-0.1, -0.05) is 60.7 Å². The molecule has 2 heteroatoms. The molecule has 1 atom stereocenters. The maximum atomic E-state index is 3.72. The highest BCUT2D eigenvalue weighted by Gasteiger charge is 2.24. The van der Waals surface area contributed by atoms with Crippen LogP contribution in [0.5, 0.6) is 0 Å². The van der Waals surface area contributed by atoms with Crippen molar-refractivity contribution in [2.24, 2.45) is 0 Å². The predicted octanol–water partition coefficient (Wildman–Crippen LogP) is 4.75. The molecule has 0 radical (unpaired) electrons. The summed E-state index contributed by atoms with van der Waals surface area (Å²) in [6.45, 7) is 1.05. The number of benzene rings is 3. The zero-order valence-corrected chi connectivity index (χ0v) is 13.5. The average molecular weight is 312 g/mol. The van der Waals surface area contributed by atoms with E-state index in [1.54, 1.807) is 0 Å². The van der Waals surface area contributed by atoms with Crippen molar-refractivity contribution in [1.82, 2.24) is 10.3 Å². The number of hydrogen-bond donors (Lipinski definition) is 2. The highest BCUT2D eigenvalue weighted by Crippen LogP contribution is 2.32. The molecule has 0 amide bonds. The van der Waals surface area contributed by atoms with Crippen LogP contribution < -0.4 is 5.32 Å². The number of para-hydroxylation sites is 1. The molecule has 1 aromatic heterocycles. The summed E-state index contributed by atoms with van der Waals surface area (Å²) in [5, 5.41) is 7.79. The van der Waals surface area contributed by atoms with Gasteiger partial charge in [-0.3, -0.25) is 0 Å². The zero-order valence-electron chi connectivity index (χ0n) is 13.5. The van der Waals surface area contributed by atoms with Gasteiger partial charge in [-0.2, -0.15) is 0 Å².